The van der Waals surface area contributed by atoms with Crippen LogP contribution in [-0.4, -0.2) is 20.6 Å². The molecule has 5 nitrogen and oxygen atoms in total. The number of thiazole rings is 1. The number of hydrogen-bond donors (Lipinski definition) is 1. The molecule has 0 aliphatic heterocycles. The molecular formula is C22H17F3N2O3S. The van der Waals surface area contributed by atoms with E-state index in [1.165, 1.54) is 23.5 Å². The normalized spacial score (nSPS) is 11.7. The van der Waals surface area contributed by atoms with Gasteiger partial charge in [0.2, 0.25) is 0 Å². The molecule has 160 valence electrons. The maximum absolute atomic E-state index is 12.8. The van der Waals surface area contributed by atoms with Gasteiger partial charge in [0.1, 0.15) is 23.9 Å². The minimum Gasteiger partial charge on any atom is -0.487 e. The molecule has 31 heavy (non-hydrogen) atoms. The van der Waals surface area contributed by atoms with Crippen LogP contribution >= 0.6 is 11.3 Å². The summed E-state index contributed by atoms with van der Waals surface area (Å²) in [4.78, 5) is 16.3. The van der Waals surface area contributed by atoms with Gasteiger partial charge >= 0.3 is 12.1 Å². The van der Waals surface area contributed by atoms with E-state index in [-0.39, 0.29) is 13.2 Å². The first-order valence-corrected chi connectivity index (χ1v) is 10.1. The van der Waals surface area contributed by atoms with Crippen molar-refractivity contribution in [2.75, 3.05) is 0 Å². The summed E-state index contributed by atoms with van der Waals surface area (Å²) >= 11 is 1.36. The summed E-state index contributed by atoms with van der Waals surface area (Å²) in [5.74, 6) is -0.314. The molecule has 2 aromatic heterocycles. The Kier molecular flexibility index (Phi) is 5.45. The van der Waals surface area contributed by atoms with Gasteiger partial charge in [-0.15, -0.1) is 11.3 Å². The molecule has 9 heteroatoms. The first kappa shape index (κ1) is 20.9. The monoisotopic (exact) mass is 446 g/mol. The van der Waals surface area contributed by atoms with E-state index in [0.29, 0.717) is 16.3 Å². The summed E-state index contributed by atoms with van der Waals surface area (Å²) in [7, 11) is 0. The molecule has 0 aliphatic carbocycles. The molecule has 0 unspecified atom stereocenters. The number of halogens is 3. The number of hydrogen-bond acceptors (Lipinski definition) is 4. The fraction of sp³-hybridized carbons (Fsp3) is 0.182. The summed E-state index contributed by atoms with van der Waals surface area (Å²) in [6.07, 6.45) is -2.67. The highest BCUT2D eigenvalue weighted by Crippen LogP contribution is 2.34. The van der Waals surface area contributed by atoms with Crippen LogP contribution in [0.2, 0.25) is 0 Å². The third-order valence-electron chi connectivity index (χ3n) is 4.79. The highest BCUT2D eigenvalue weighted by molar-refractivity contribution is 7.15. The second-order valence-corrected chi connectivity index (χ2v) is 8.00. The van der Waals surface area contributed by atoms with Crippen LogP contribution in [0.25, 0.3) is 21.5 Å². The average molecular weight is 446 g/mol. The number of benzene rings is 2. The zero-order valence-electron chi connectivity index (χ0n) is 16.3. The quantitative estimate of drug-likeness (QED) is 0.409. The first-order valence-electron chi connectivity index (χ1n) is 9.29. The second kappa shape index (κ2) is 8.07. The summed E-state index contributed by atoms with van der Waals surface area (Å²) in [6.45, 7) is 1.93. The van der Waals surface area contributed by atoms with Crippen LogP contribution in [0.5, 0.6) is 5.75 Å². The molecule has 0 saturated carbocycles. The van der Waals surface area contributed by atoms with Crippen molar-refractivity contribution < 1.29 is 27.8 Å². The molecule has 0 bridgehead atoms. The SMILES string of the molecule is Cc1nc(-c2ccc(C(F)(F)F)cc2)sc1COc1cccc2c1ccn2CC(=O)O. The summed E-state index contributed by atoms with van der Waals surface area (Å²) in [5, 5.41) is 10.5. The molecule has 0 amide bonds. The van der Waals surface area contributed by atoms with E-state index in [0.717, 1.165) is 33.6 Å². The molecule has 4 aromatic rings. The molecule has 4 rings (SSSR count). The third kappa shape index (κ3) is 4.41. The van der Waals surface area contributed by atoms with E-state index in [1.807, 2.05) is 13.0 Å². The number of aryl methyl sites for hydroxylation is 1. The van der Waals surface area contributed by atoms with Crippen LogP contribution in [0.1, 0.15) is 16.1 Å². The van der Waals surface area contributed by atoms with Gasteiger partial charge in [0.15, 0.2) is 0 Å². The van der Waals surface area contributed by atoms with Gasteiger partial charge in [0.05, 0.1) is 21.7 Å². The molecule has 2 aromatic carbocycles. The van der Waals surface area contributed by atoms with Crippen LogP contribution in [0.4, 0.5) is 13.2 Å². The Bertz CT molecular complexity index is 1240. The molecule has 0 atom stereocenters. The van der Waals surface area contributed by atoms with Crippen molar-refractivity contribution in [3.05, 3.63) is 70.9 Å². The number of carboxylic acid groups (broad SMARTS) is 1. The van der Waals surface area contributed by atoms with Gasteiger partial charge in [0, 0.05) is 17.1 Å². The highest BCUT2D eigenvalue weighted by atomic mass is 32.1. The third-order valence-corrected chi connectivity index (χ3v) is 5.97. The second-order valence-electron chi connectivity index (χ2n) is 6.92. The number of alkyl halides is 3. The molecule has 0 spiro atoms. The van der Waals surface area contributed by atoms with E-state index in [9.17, 15) is 18.0 Å². The predicted molar refractivity (Wildman–Crippen MR) is 111 cm³/mol. The molecule has 0 aliphatic rings. The molecule has 0 fully saturated rings. The van der Waals surface area contributed by atoms with Crippen LogP contribution in [0.3, 0.4) is 0 Å². The number of nitrogens with zero attached hydrogens (tertiary/aromatic N) is 2. The Morgan fingerprint density at radius 2 is 1.90 bits per heavy atom. The van der Waals surface area contributed by atoms with Crippen molar-refractivity contribution in [3.63, 3.8) is 0 Å². The number of fused-ring (bicyclic) bond motifs is 1. The van der Waals surface area contributed by atoms with Crippen molar-refractivity contribution in [2.24, 2.45) is 0 Å². The maximum atomic E-state index is 12.8. The van der Waals surface area contributed by atoms with Crippen molar-refractivity contribution in [2.45, 2.75) is 26.3 Å². The van der Waals surface area contributed by atoms with Crippen LogP contribution < -0.4 is 4.74 Å². The van der Waals surface area contributed by atoms with Gasteiger partial charge < -0.3 is 14.4 Å². The van der Waals surface area contributed by atoms with E-state index >= 15 is 0 Å². The van der Waals surface area contributed by atoms with Crippen LogP contribution in [0, 0.1) is 6.92 Å². The van der Waals surface area contributed by atoms with Gasteiger partial charge in [-0.1, -0.05) is 18.2 Å². The zero-order valence-corrected chi connectivity index (χ0v) is 17.1. The fourth-order valence-corrected chi connectivity index (χ4v) is 4.22. The van der Waals surface area contributed by atoms with Crippen molar-refractivity contribution in [1.82, 2.24) is 9.55 Å². The van der Waals surface area contributed by atoms with Gasteiger partial charge in [-0.2, -0.15) is 13.2 Å². The standard InChI is InChI=1S/C22H17F3N2O3S/c1-13-19(31-21(26-13)14-5-7-15(8-6-14)22(23,24)25)12-30-18-4-2-3-17-16(18)9-10-27(17)11-20(28)29/h2-10H,11-12H2,1H3,(H,28,29). The summed E-state index contributed by atoms with van der Waals surface area (Å²) < 4.78 is 45.9. The minimum absolute atomic E-state index is 0.141. The number of ether oxygens (including phenoxy) is 1. The largest absolute Gasteiger partial charge is 0.487 e. The molecule has 1 N–H and O–H groups in total. The van der Waals surface area contributed by atoms with Gasteiger partial charge in [0.25, 0.3) is 0 Å². The Balaban J connectivity index is 1.53. The smallest absolute Gasteiger partial charge is 0.416 e. The Hall–Kier alpha value is -3.33. The molecule has 0 saturated heterocycles. The molecular weight excluding hydrogens is 429 g/mol. The van der Waals surface area contributed by atoms with E-state index in [2.05, 4.69) is 4.98 Å². The Morgan fingerprint density at radius 3 is 2.58 bits per heavy atom. The van der Waals surface area contributed by atoms with Crippen molar-refractivity contribution in [3.8, 4) is 16.3 Å². The maximum Gasteiger partial charge on any atom is 0.416 e. The number of carbonyl (C=O) groups is 1. The van der Waals surface area contributed by atoms with Gasteiger partial charge in [-0.05, 0) is 37.3 Å². The van der Waals surface area contributed by atoms with Gasteiger partial charge in [-0.3, -0.25) is 4.79 Å². The summed E-state index contributed by atoms with van der Waals surface area (Å²) in [5.41, 5.74) is 1.41. The highest BCUT2D eigenvalue weighted by Gasteiger charge is 2.30. The lowest BCUT2D eigenvalue weighted by Gasteiger charge is -2.08. The Morgan fingerprint density at radius 1 is 1.16 bits per heavy atom. The Labute approximate surface area is 179 Å². The lowest BCUT2D eigenvalue weighted by molar-refractivity contribution is -0.138. The van der Waals surface area contributed by atoms with Crippen LogP contribution in [0.15, 0.2) is 54.7 Å². The number of aromatic nitrogens is 2. The van der Waals surface area contributed by atoms with Crippen LogP contribution in [-0.2, 0) is 24.1 Å². The molecule has 0 radical (unpaired) electrons. The van der Waals surface area contributed by atoms with Crippen molar-refractivity contribution >= 4 is 28.2 Å². The van der Waals surface area contributed by atoms with E-state index < -0.39 is 17.7 Å². The number of rotatable bonds is 6. The minimum atomic E-state index is -4.37. The summed E-state index contributed by atoms with van der Waals surface area (Å²) in [6, 6.07) is 12.2. The number of aliphatic carboxylic acids is 1. The lowest BCUT2D eigenvalue weighted by Crippen LogP contribution is -2.07. The van der Waals surface area contributed by atoms with Gasteiger partial charge in [-0.25, -0.2) is 4.98 Å². The molecule has 2 heterocycles. The average Bonchev–Trinajstić information content (AvgIpc) is 3.29. The predicted octanol–water partition coefficient (Wildman–Crippen LogP) is 5.76. The van der Waals surface area contributed by atoms with Crippen molar-refractivity contribution in [1.29, 1.82) is 0 Å². The number of carboxylic acids is 1. The van der Waals surface area contributed by atoms with E-state index in [4.69, 9.17) is 9.84 Å². The first-order chi connectivity index (χ1) is 14.7. The van der Waals surface area contributed by atoms with E-state index in [1.54, 1.807) is 29.0 Å². The topological polar surface area (TPSA) is 64.4 Å². The fourth-order valence-electron chi connectivity index (χ4n) is 3.24. The zero-order chi connectivity index (χ0) is 22.2. The lowest BCUT2D eigenvalue weighted by atomic mass is 10.1.